The molecule has 0 saturated carbocycles. The molecule has 46 valence electrons. The zero-order valence-corrected chi connectivity index (χ0v) is 6.28. The molecule has 0 rings (SSSR count). The molecule has 0 fully saturated rings. The number of hydrogen-bond acceptors (Lipinski definition) is 1. The van der Waals surface area contributed by atoms with Gasteiger partial charge in [-0.2, -0.15) is 12.6 Å². The van der Waals surface area contributed by atoms with Gasteiger partial charge in [0.05, 0.1) is 0 Å². The normalized spacial score (nSPS) is 13.1. The summed E-state index contributed by atoms with van der Waals surface area (Å²) in [5, 5.41) is 1.76. The molecule has 1 heteroatoms. The van der Waals surface area contributed by atoms with E-state index in [0.717, 1.165) is 6.42 Å². The van der Waals surface area contributed by atoms with E-state index in [2.05, 4.69) is 25.6 Å². The summed E-state index contributed by atoms with van der Waals surface area (Å²) in [5.41, 5.74) is 1.33. The van der Waals surface area contributed by atoms with Crippen molar-refractivity contribution in [2.75, 3.05) is 0 Å². The van der Waals surface area contributed by atoms with E-state index in [1.165, 1.54) is 5.57 Å². The van der Waals surface area contributed by atoms with Crippen LogP contribution < -0.4 is 0 Å². The highest BCUT2D eigenvalue weighted by molar-refractivity contribution is 7.83. The lowest BCUT2D eigenvalue weighted by molar-refractivity contribution is 1.14. The number of allylic oxidation sites excluding steroid dienone is 3. The fraction of sp³-hybridized carbons (Fsp3) is 0.429. The SMILES string of the molecule is C/C=C(\C=C/S)CC. The van der Waals surface area contributed by atoms with E-state index in [1.807, 2.05) is 13.0 Å². The van der Waals surface area contributed by atoms with Gasteiger partial charge in [0, 0.05) is 0 Å². The van der Waals surface area contributed by atoms with Crippen molar-refractivity contribution in [3.8, 4) is 0 Å². The molecule has 0 atom stereocenters. The second kappa shape index (κ2) is 4.98. The molecule has 0 spiro atoms. The lowest BCUT2D eigenvalue weighted by Gasteiger charge is -1.89. The molecule has 0 heterocycles. The van der Waals surface area contributed by atoms with Crippen molar-refractivity contribution < 1.29 is 0 Å². The maximum absolute atomic E-state index is 3.95. The molecule has 0 unspecified atom stereocenters. The molecule has 0 aromatic heterocycles. The van der Waals surface area contributed by atoms with Crippen LogP contribution in [-0.2, 0) is 0 Å². The fourth-order valence-electron chi connectivity index (χ4n) is 0.514. The van der Waals surface area contributed by atoms with Crippen LogP contribution >= 0.6 is 12.6 Å². The zero-order chi connectivity index (χ0) is 6.41. The van der Waals surface area contributed by atoms with Gasteiger partial charge >= 0.3 is 0 Å². The summed E-state index contributed by atoms with van der Waals surface area (Å²) in [7, 11) is 0. The van der Waals surface area contributed by atoms with E-state index >= 15 is 0 Å². The Hall–Kier alpha value is -0.170. The standard InChI is InChI=1S/C7H12S/c1-3-7(4-2)5-6-8/h3,5-6,8H,4H2,1-2H3/b6-5-,7-3-. The van der Waals surface area contributed by atoms with Crippen LogP contribution in [0.4, 0.5) is 0 Å². The van der Waals surface area contributed by atoms with Gasteiger partial charge in [0.2, 0.25) is 0 Å². The van der Waals surface area contributed by atoms with Gasteiger partial charge in [0.1, 0.15) is 0 Å². The molecule has 0 aliphatic rings. The van der Waals surface area contributed by atoms with Crippen LogP contribution in [0.15, 0.2) is 23.1 Å². The third-order valence-electron chi connectivity index (χ3n) is 1.07. The third kappa shape index (κ3) is 2.92. The predicted octanol–water partition coefficient (Wildman–Crippen LogP) is 2.79. The highest BCUT2D eigenvalue weighted by Crippen LogP contribution is 2.01. The van der Waals surface area contributed by atoms with Crippen LogP contribution in [0.1, 0.15) is 20.3 Å². The van der Waals surface area contributed by atoms with Crippen LogP contribution in [0.25, 0.3) is 0 Å². The Balaban J connectivity index is 3.72. The maximum atomic E-state index is 3.95. The van der Waals surface area contributed by atoms with E-state index < -0.39 is 0 Å². The average Bonchev–Trinajstić information content (AvgIpc) is 1.83. The minimum absolute atomic E-state index is 1.09. The van der Waals surface area contributed by atoms with Crippen LogP contribution in [0, 0.1) is 0 Å². The molecular formula is C7H12S. The Morgan fingerprint density at radius 2 is 2.25 bits per heavy atom. The molecule has 0 nitrogen and oxygen atoms in total. The smallest absolute Gasteiger partial charge is 0.0311 e. The molecule has 0 saturated heterocycles. The minimum Gasteiger partial charge on any atom is -0.151 e. The molecule has 0 aromatic rings. The lowest BCUT2D eigenvalue weighted by Crippen LogP contribution is -1.68. The molecule has 8 heavy (non-hydrogen) atoms. The molecule has 0 aliphatic heterocycles. The summed E-state index contributed by atoms with van der Waals surface area (Å²) >= 11 is 3.95. The predicted molar refractivity (Wildman–Crippen MR) is 42.2 cm³/mol. The van der Waals surface area contributed by atoms with Gasteiger partial charge in [-0.15, -0.1) is 0 Å². The molecule has 0 amide bonds. The molecule has 0 aromatic carbocycles. The Kier molecular flexibility index (Phi) is 4.87. The van der Waals surface area contributed by atoms with Crippen LogP contribution in [-0.4, -0.2) is 0 Å². The van der Waals surface area contributed by atoms with Crippen molar-refractivity contribution in [2.24, 2.45) is 0 Å². The first kappa shape index (κ1) is 7.83. The van der Waals surface area contributed by atoms with E-state index in [0.29, 0.717) is 0 Å². The lowest BCUT2D eigenvalue weighted by atomic mass is 10.2. The van der Waals surface area contributed by atoms with Gasteiger partial charge in [0.25, 0.3) is 0 Å². The van der Waals surface area contributed by atoms with Gasteiger partial charge in [0.15, 0.2) is 0 Å². The van der Waals surface area contributed by atoms with Gasteiger partial charge in [-0.1, -0.05) is 24.6 Å². The average molecular weight is 128 g/mol. The number of hydrogen-bond donors (Lipinski definition) is 1. The fourth-order valence-corrected chi connectivity index (χ4v) is 0.705. The monoisotopic (exact) mass is 128 g/mol. The Labute approximate surface area is 56.7 Å². The van der Waals surface area contributed by atoms with Crippen molar-refractivity contribution in [3.05, 3.63) is 23.1 Å². The quantitative estimate of drug-likeness (QED) is 0.429. The Bertz CT molecular complexity index is 98.2. The van der Waals surface area contributed by atoms with Crippen molar-refractivity contribution >= 4 is 12.6 Å². The van der Waals surface area contributed by atoms with Crippen LogP contribution in [0.2, 0.25) is 0 Å². The first-order chi connectivity index (χ1) is 3.85. The van der Waals surface area contributed by atoms with Gasteiger partial charge in [-0.05, 0) is 18.8 Å². The first-order valence-corrected chi connectivity index (χ1v) is 3.32. The van der Waals surface area contributed by atoms with Crippen molar-refractivity contribution in [1.82, 2.24) is 0 Å². The highest BCUT2D eigenvalue weighted by atomic mass is 32.1. The molecule has 0 radical (unpaired) electrons. The number of thiol groups is 1. The van der Waals surface area contributed by atoms with E-state index in [4.69, 9.17) is 0 Å². The largest absolute Gasteiger partial charge is 0.151 e. The Morgan fingerprint density at radius 1 is 1.62 bits per heavy atom. The van der Waals surface area contributed by atoms with Gasteiger partial charge in [-0.3, -0.25) is 0 Å². The minimum atomic E-state index is 1.09. The first-order valence-electron chi connectivity index (χ1n) is 2.81. The van der Waals surface area contributed by atoms with Crippen LogP contribution in [0.5, 0.6) is 0 Å². The molecule has 0 aliphatic carbocycles. The molecule has 0 bridgehead atoms. The number of rotatable bonds is 2. The van der Waals surface area contributed by atoms with Crippen molar-refractivity contribution in [1.29, 1.82) is 0 Å². The second-order valence-corrected chi connectivity index (χ2v) is 1.83. The van der Waals surface area contributed by atoms with Gasteiger partial charge in [-0.25, -0.2) is 0 Å². The highest BCUT2D eigenvalue weighted by Gasteiger charge is 1.79. The summed E-state index contributed by atoms with van der Waals surface area (Å²) < 4.78 is 0. The molecular weight excluding hydrogens is 116 g/mol. The second-order valence-electron chi connectivity index (χ2n) is 1.53. The maximum Gasteiger partial charge on any atom is -0.0311 e. The summed E-state index contributed by atoms with van der Waals surface area (Å²) in [5.74, 6) is 0. The third-order valence-corrected chi connectivity index (χ3v) is 1.22. The van der Waals surface area contributed by atoms with E-state index in [9.17, 15) is 0 Å². The van der Waals surface area contributed by atoms with E-state index in [1.54, 1.807) is 5.41 Å². The van der Waals surface area contributed by atoms with Crippen molar-refractivity contribution in [2.45, 2.75) is 20.3 Å². The van der Waals surface area contributed by atoms with Crippen molar-refractivity contribution in [3.63, 3.8) is 0 Å². The summed E-state index contributed by atoms with van der Waals surface area (Å²) in [4.78, 5) is 0. The Morgan fingerprint density at radius 3 is 2.38 bits per heavy atom. The summed E-state index contributed by atoms with van der Waals surface area (Å²) in [6.45, 7) is 4.16. The summed E-state index contributed by atoms with van der Waals surface area (Å²) in [6, 6.07) is 0. The van der Waals surface area contributed by atoms with Gasteiger partial charge < -0.3 is 0 Å². The van der Waals surface area contributed by atoms with E-state index in [-0.39, 0.29) is 0 Å². The topological polar surface area (TPSA) is 0 Å². The zero-order valence-electron chi connectivity index (χ0n) is 5.39. The van der Waals surface area contributed by atoms with Crippen LogP contribution in [0.3, 0.4) is 0 Å². The molecule has 0 N–H and O–H groups in total. The summed E-state index contributed by atoms with van der Waals surface area (Å²) in [6.07, 6.45) is 5.18.